The standard InChI is InChI=1S/C25H38N3OP/c29-30(26-20-21-12-4-1-5-13-21)27(22-14-6-2-7-15-22)24-18-10-11-19-25(24)28(30)23-16-8-3-9-17-23/h1,4-5,12-13,20,22-25H,2-3,6-11,14-19H2/t24-,25-/m1/s1. The first kappa shape index (κ1) is 20.9. The third-order valence-corrected chi connectivity index (χ3v) is 10.9. The summed E-state index contributed by atoms with van der Waals surface area (Å²) in [7, 11) is -2.96. The van der Waals surface area contributed by atoms with Crippen molar-refractivity contribution in [3.63, 3.8) is 0 Å². The fourth-order valence-electron chi connectivity index (χ4n) is 6.67. The molecular formula is C25H38N3OP. The molecule has 4 nitrogen and oxygen atoms in total. The van der Waals surface area contributed by atoms with Crippen LogP contribution in [0, 0.1) is 0 Å². The summed E-state index contributed by atoms with van der Waals surface area (Å²) >= 11 is 0. The van der Waals surface area contributed by atoms with Gasteiger partial charge in [0.05, 0.1) is 0 Å². The normalized spacial score (nSPS) is 31.9. The maximum Gasteiger partial charge on any atom is 0.330 e. The largest absolute Gasteiger partial charge is 0.330 e. The molecule has 0 spiro atoms. The van der Waals surface area contributed by atoms with Crippen molar-refractivity contribution in [3.05, 3.63) is 35.9 Å². The molecular weight excluding hydrogens is 389 g/mol. The van der Waals surface area contributed by atoms with Crippen LogP contribution < -0.4 is 0 Å². The maximum absolute atomic E-state index is 15.1. The average Bonchev–Trinajstić information content (AvgIpc) is 3.08. The molecule has 1 aromatic carbocycles. The van der Waals surface area contributed by atoms with E-state index >= 15 is 4.57 Å². The Morgan fingerprint density at radius 1 is 0.700 bits per heavy atom. The minimum atomic E-state index is -2.96. The molecule has 1 aliphatic heterocycles. The van der Waals surface area contributed by atoms with Crippen molar-refractivity contribution in [2.24, 2.45) is 4.76 Å². The highest BCUT2D eigenvalue weighted by Gasteiger charge is 2.59. The number of rotatable bonds is 4. The molecule has 5 rings (SSSR count). The molecule has 1 saturated heterocycles. The fourth-order valence-corrected chi connectivity index (χ4v) is 10.1. The topological polar surface area (TPSA) is 35.9 Å². The Morgan fingerprint density at radius 3 is 1.67 bits per heavy atom. The quantitative estimate of drug-likeness (QED) is 0.391. The molecule has 4 fully saturated rings. The second-order valence-electron chi connectivity index (χ2n) is 9.93. The molecule has 4 aliphatic rings. The molecule has 3 saturated carbocycles. The number of benzene rings is 1. The van der Waals surface area contributed by atoms with Crippen molar-refractivity contribution in [1.82, 2.24) is 9.34 Å². The van der Waals surface area contributed by atoms with Gasteiger partial charge < -0.3 is 0 Å². The molecule has 0 bridgehead atoms. The molecule has 0 unspecified atom stereocenters. The Kier molecular flexibility index (Phi) is 6.46. The molecule has 1 heterocycles. The lowest BCUT2D eigenvalue weighted by molar-refractivity contribution is 0.133. The van der Waals surface area contributed by atoms with Crippen LogP contribution in [0.5, 0.6) is 0 Å². The van der Waals surface area contributed by atoms with Gasteiger partial charge in [-0.3, -0.25) is 4.57 Å². The Morgan fingerprint density at radius 2 is 1.17 bits per heavy atom. The second kappa shape index (κ2) is 9.27. The summed E-state index contributed by atoms with van der Waals surface area (Å²) in [6.07, 6.45) is 19.5. The van der Waals surface area contributed by atoms with Gasteiger partial charge in [0, 0.05) is 30.4 Å². The predicted molar refractivity (Wildman–Crippen MR) is 125 cm³/mol. The van der Waals surface area contributed by atoms with E-state index in [-0.39, 0.29) is 0 Å². The van der Waals surface area contributed by atoms with Gasteiger partial charge in [-0.1, -0.05) is 81.7 Å². The lowest BCUT2D eigenvalue weighted by atomic mass is 9.86. The van der Waals surface area contributed by atoms with Gasteiger partial charge in [0.25, 0.3) is 0 Å². The van der Waals surface area contributed by atoms with Gasteiger partial charge >= 0.3 is 7.59 Å². The number of nitrogens with zero attached hydrogens (tertiary/aromatic N) is 3. The van der Waals surface area contributed by atoms with Crippen LogP contribution in [0.25, 0.3) is 0 Å². The van der Waals surface area contributed by atoms with Crippen LogP contribution in [0.2, 0.25) is 0 Å². The van der Waals surface area contributed by atoms with Crippen LogP contribution in [-0.2, 0) is 4.57 Å². The van der Waals surface area contributed by atoms with Gasteiger partial charge in [0.15, 0.2) is 0 Å². The van der Waals surface area contributed by atoms with Crippen molar-refractivity contribution >= 4 is 13.8 Å². The number of hydrogen-bond donors (Lipinski definition) is 0. The molecule has 0 N–H and O–H groups in total. The summed E-state index contributed by atoms with van der Waals surface area (Å²) in [6, 6.07) is 12.1. The van der Waals surface area contributed by atoms with Crippen LogP contribution >= 0.6 is 7.59 Å². The summed E-state index contributed by atoms with van der Waals surface area (Å²) in [5.41, 5.74) is 1.06. The molecule has 2 atom stereocenters. The first-order valence-corrected chi connectivity index (χ1v) is 14.1. The van der Waals surface area contributed by atoms with Crippen molar-refractivity contribution < 1.29 is 4.57 Å². The number of fused-ring (bicyclic) bond motifs is 1. The minimum Gasteiger partial charge on any atom is -0.262 e. The summed E-state index contributed by atoms with van der Waals surface area (Å²) < 4.78 is 25.1. The van der Waals surface area contributed by atoms with E-state index < -0.39 is 7.59 Å². The van der Waals surface area contributed by atoms with E-state index in [0.29, 0.717) is 24.2 Å². The third kappa shape index (κ3) is 3.96. The minimum absolute atomic E-state index is 0.447. The van der Waals surface area contributed by atoms with E-state index in [1.807, 2.05) is 24.4 Å². The van der Waals surface area contributed by atoms with E-state index in [0.717, 1.165) is 5.56 Å². The highest BCUT2D eigenvalue weighted by molar-refractivity contribution is 7.58. The Labute approximate surface area is 182 Å². The third-order valence-electron chi connectivity index (χ3n) is 8.03. The van der Waals surface area contributed by atoms with E-state index in [2.05, 4.69) is 21.5 Å². The molecule has 0 aromatic heterocycles. The monoisotopic (exact) mass is 427 g/mol. The van der Waals surface area contributed by atoms with Gasteiger partial charge in [-0.15, -0.1) is 0 Å². The van der Waals surface area contributed by atoms with Crippen molar-refractivity contribution in [2.45, 2.75) is 114 Å². The maximum atomic E-state index is 15.1. The smallest absolute Gasteiger partial charge is 0.262 e. The van der Waals surface area contributed by atoms with Crippen molar-refractivity contribution in [3.8, 4) is 0 Å². The fraction of sp³-hybridized carbons (Fsp3) is 0.720. The Bertz CT molecular complexity index is 732. The first-order valence-electron chi connectivity index (χ1n) is 12.6. The highest BCUT2D eigenvalue weighted by atomic mass is 31.2. The SMILES string of the molecule is O=P1(N=Cc2ccccc2)N(C2CCCCC2)[C@@H]2CCCC[C@H]2N1C1CCCCC1. The van der Waals surface area contributed by atoms with Gasteiger partial charge in [0.1, 0.15) is 0 Å². The molecule has 3 aliphatic carbocycles. The molecule has 5 heteroatoms. The molecule has 1 aromatic rings. The van der Waals surface area contributed by atoms with E-state index in [1.165, 1.54) is 89.9 Å². The van der Waals surface area contributed by atoms with Crippen LogP contribution in [0.15, 0.2) is 35.1 Å². The number of hydrogen-bond acceptors (Lipinski definition) is 1. The first-order chi connectivity index (χ1) is 14.8. The van der Waals surface area contributed by atoms with Crippen LogP contribution in [0.1, 0.15) is 95.5 Å². The molecule has 30 heavy (non-hydrogen) atoms. The van der Waals surface area contributed by atoms with Gasteiger partial charge in [-0.2, -0.15) is 0 Å². The Balaban J connectivity index is 1.55. The van der Waals surface area contributed by atoms with Crippen LogP contribution in [0.4, 0.5) is 0 Å². The molecule has 0 amide bonds. The summed E-state index contributed by atoms with van der Waals surface area (Å²) in [4.78, 5) is 0. The lowest BCUT2D eigenvalue weighted by Crippen LogP contribution is -2.45. The highest BCUT2D eigenvalue weighted by Crippen LogP contribution is 2.68. The lowest BCUT2D eigenvalue weighted by Gasteiger charge is -2.39. The van der Waals surface area contributed by atoms with E-state index in [4.69, 9.17) is 4.76 Å². The van der Waals surface area contributed by atoms with Crippen molar-refractivity contribution in [2.75, 3.05) is 0 Å². The van der Waals surface area contributed by atoms with Crippen molar-refractivity contribution in [1.29, 1.82) is 0 Å². The zero-order valence-electron chi connectivity index (χ0n) is 18.4. The summed E-state index contributed by atoms with van der Waals surface area (Å²) in [6.45, 7) is 0. The predicted octanol–water partition coefficient (Wildman–Crippen LogP) is 6.81. The molecule has 0 radical (unpaired) electrons. The second-order valence-corrected chi connectivity index (χ2v) is 12.1. The van der Waals surface area contributed by atoms with E-state index in [1.54, 1.807) is 0 Å². The zero-order valence-corrected chi connectivity index (χ0v) is 19.3. The van der Waals surface area contributed by atoms with Gasteiger partial charge in [0.2, 0.25) is 0 Å². The Hall–Kier alpha value is -0.960. The van der Waals surface area contributed by atoms with E-state index in [9.17, 15) is 0 Å². The van der Waals surface area contributed by atoms with Crippen LogP contribution in [0.3, 0.4) is 0 Å². The van der Waals surface area contributed by atoms with Gasteiger partial charge in [-0.05, 0) is 44.1 Å². The van der Waals surface area contributed by atoms with Crippen LogP contribution in [-0.4, -0.2) is 39.7 Å². The summed E-state index contributed by atoms with van der Waals surface area (Å²) in [5.74, 6) is 0. The van der Waals surface area contributed by atoms with Gasteiger partial charge in [-0.25, -0.2) is 14.1 Å². The zero-order chi connectivity index (χ0) is 20.4. The average molecular weight is 428 g/mol. The summed E-state index contributed by atoms with van der Waals surface area (Å²) in [5, 5.41) is 0. The molecule has 164 valence electrons.